The number of nitrogens with one attached hydrogen (secondary N) is 1. The van der Waals surface area contributed by atoms with Crippen LogP contribution < -0.4 is 11.1 Å². The van der Waals surface area contributed by atoms with Crippen LogP contribution in [0, 0.1) is 0 Å². The van der Waals surface area contributed by atoms with Gasteiger partial charge in [0.05, 0.1) is 0 Å². The Morgan fingerprint density at radius 3 is 2.94 bits per heavy atom. The van der Waals surface area contributed by atoms with Gasteiger partial charge in [0, 0.05) is 17.6 Å². The standard InChI is InChI=1S/C12H15ClN2O2/c13-9-2-1-7-4-10(5-8(7)3-9)15-6-11(16)12(14)17/h1-3,10-11,15-16H,4-6H2,(H2,14,17). The van der Waals surface area contributed by atoms with E-state index in [0.29, 0.717) is 0 Å². The molecule has 0 aromatic heterocycles. The second-order valence-electron chi connectivity index (χ2n) is 4.34. The molecular weight excluding hydrogens is 240 g/mol. The van der Waals surface area contributed by atoms with Crippen molar-refractivity contribution in [1.82, 2.24) is 5.32 Å². The lowest BCUT2D eigenvalue weighted by atomic mass is 10.1. The van der Waals surface area contributed by atoms with Gasteiger partial charge in [-0.15, -0.1) is 0 Å². The summed E-state index contributed by atoms with van der Waals surface area (Å²) in [6.07, 6.45) is 0.626. The summed E-state index contributed by atoms with van der Waals surface area (Å²) in [5.41, 5.74) is 7.47. The zero-order valence-electron chi connectivity index (χ0n) is 9.32. The van der Waals surface area contributed by atoms with Crippen LogP contribution in [0.3, 0.4) is 0 Å². The largest absolute Gasteiger partial charge is 0.382 e. The van der Waals surface area contributed by atoms with Gasteiger partial charge in [-0.1, -0.05) is 17.7 Å². The first-order chi connectivity index (χ1) is 8.06. The van der Waals surface area contributed by atoms with Gasteiger partial charge in [0.25, 0.3) is 0 Å². The van der Waals surface area contributed by atoms with Crippen molar-refractivity contribution >= 4 is 17.5 Å². The van der Waals surface area contributed by atoms with Crippen LogP contribution in [0.1, 0.15) is 11.1 Å². The topological polar surface area (TPSA) is 75.4 Å². The van der Waals surface area contributed by atoms with Gasteiger partial charge in [-0.05, 0) is 36.1 Å². The Morgan fingerprint density at radius 2 is 2.24 bits per heavy atom. The van der Waals surface area contributed by atoms with Crippen LogP contribution >= 0.6 is 11.6 Å². The number of aliphatic hydroxyl groups excluding tert-OH is 1. The average Bonchev–Trinajstić information content (AvgIpc) is 2.67. The molecule has 2 atom stereocenters. The summed E-state index contributed by atoms with van der Waals surface area (Å²) in [5.74, 6) is -0.698. The number of amides is 1. The van der Waals surface area contributed by atoms with Crippen molar-refractivity contribution in [1.29, 1.82) is 0 Å². The third kappa shape index (κ3) is 2.97. The van der Waals surface area contributed by atoms with Gasteiger partial charge in [-0.25, -0.2) is 0 Å². The molecular formula is C12H15ClN2O2. The number of hydrogen-bond donors (Lipinski definition) is 3. The van der Waals surface area contributed by atoms with Crippen LogP contribution in [-0.4, -0.2) is 29.7 Å². The number of halogens is 1. The smallest absolute Gasteiger partial charge is 0.247 e. The van der Waals surface area contributed by atoms with Crippen LogP contribution in [-0.2, 0) is 17.6 Å². The summed E-state index contributed by atoms with van der Waals surface area (Å²) < 4.78 is 0. The highest BCUT2D eigenvalue weighted by atomic mass is 35.5. The Labute approximate surface area is 105 Å². The van der Waals surface area contributed by atoms with Gasteiger partial charge in [0.1, 0.15) is 6.10 Å². The number of carbonyl (C=O) groups excluding carboxylic acids is 1. The van der Waals surface area contributed by atoms with Gasteiger partial charge in [0.15, 0.2) is 0 Å². The molecule has 4 nitrogen and oxygen atoms in total. The maximum absolute atomic E-state index is 10.7. The molecule has 5 heteroatoms. The summed E-state index contributed by atoms with van der Waals surface area (Å²) >= 11 is 5.92. The summed E-state index contributed by atoms with van der Waals surface area (Å²) in [6.45, 7) is 0.196. The van der Waals surface area contributed by atoms with Gasteiger partial charge in [-0.2, -0.15) is 0 Å². The SMILES string of the molecule is NC(=O)C(O)CNC1Cc2ccc(Cl)cc2C1. The molecule has 2 rings (SSSR count). The van der Waals surface area contributed by atoms with Gasteiger partial charge in [0.2, 0.25) is 5.91 Å². The molecule has 0 saturated carbocycles. The molecule has 0 bridgehead atoms. The lowest BCUT2D eigenvalue weighted by Crippen LogP contribution is -2.42. The van der Waals surface area contributed by atoms with Crippen LogP contribution in [0.5, 0.6) is 0 Å². The maximum Gasteiger partial charge on any atom is 0.247 e. The molecule has 1 aliphatic rings. The van der Waals surface area contributed by atoms with Crippen molar-refractivity contribution in [3.05, 3.63) is 34.3 Å². The lowest BCUT2D eigenvalue weighted by Gasteiger charge is -2.13. The Hall–Kier alpha value is -1.10. The molecule has 0 spiro atoms. The van der Waals surface area contributed by atoms with E-state index in [0.717, 1.165) is 17.9 Å². The predicted molar refractivity (Wildman–Crippen MR) is 65.9 cm³/mol. The van der Waals surface area contributed by atoms with Crippen molar-refractivity contribution in [3.63, 3.8) is 0 Å². The summed E-state index contributed by atoms with van der Waals surface area (Å²) in [4.78, 5) is 10.7. The van der Waals surface area contributed by atoms with Crippen molar-refractivity contribution in [2.75, 3.05) is 6.54 Å². The van der Waals surface area contributed by atoms with Crippen molar-refractivity contribution < 1.29 is 9.90 Å². The predicted octanol–water partition coefficient (Wildman–Crippen LogP) is 0.243. The zero-order chi connectivity index (χ0) is 12.4. The number of rotatable bonds is 4. The van der Waals surface area contributed by atoms with E-state index in [1.54, 1.807) is 0 Å². The molecule has 17 heavy (non-hydrogen) atoms. The van der Waals surface area contributed by atoms with Gasteiger partial charge >= 0.3 is 0 Å². The van der Waals surface area contributed by atoms with E-state index in [9.17, 15) is 9.90 Å². The van der Waals surface area contributed by atoms with E-state index in [-0.39, 0.29) is 12.6 Å². The number of hydrogen-bond acceptors (Lipinski definition) is 3. The van der Waals surface area contributed by atoms with Crippen molar-refractivity contribution in [3.8, 4) is 0 Å². The monoisotopic (exact) mass is 254 g/mol. The Kier molecular flexibility index (Phi) is 3.66. The summed E-state index contributed by atoms with van der Waals surface area (Å²) in [7, 11) is 0. The molecule has 0 heterocycles. The first-order valence-corrected chi connectivity index (χ1v) is 5.92. The molecule has 2 unspecified atom stereocenters. The minimum atomic E-state index is -1.12. The van der Waals surface area contributed by atoms with E-state index in [1.807, 2.05) is 18.2 Å². The minimum absolute atomic E-state index is 0.196. The van der Waals surface area contributed by atoms with Gasteiger partial charge in [-0.3, -0.25) is 4.79 Å². The Morgan fingerprint density at radius 1 is 1.53 bits per heavy atom. The number of primary amides is 1. The second-order valence-corrected chi connectivity index (χ2v) is 4.78. The number of carbonyl (C=O) groups is 1. The van der Waals surface area contributed by atoms with E-state index in [2.05, 4.69) is 5.32 Å². The third-order valence-electron chi connectivity index (χ3n) is 3.03. The summed E-state index contributed by atoms with van der Waals surface area (Å²) in [6, 6.07) is 6.09. The molecule has 92 valence electrons. The third-order valence-corrected chi connectivity index (χ3v) is 3.26. The minimum Gasteiger partial charge on any atom is -0.382 e. The molecule has 0 radical (unpaired) electrons. The molecule has 1 amide bonds. The first-order valence-electron chi connectivity index (χ1n) is 5.54. The van der Waals surface area contributed by atoms with E-state index in [4.69, 9.17) is 17.3 Å². The summed E-state index contributed by atoms with van der Waals surface area (Å²) in [5, 5.41) is 13.2. The zero-order valence-corrected chi connectivity index (χ0v) is 10.1. The highest BCUT2D eigenvalue weighted by Gasteiger charge is 2.22. The maximum atomic E-state index is 10.7. The first kappa shape index (κ1) is 12.4. The van der Waals surface area contributed by atoms with Crippen LogP contribution in [0.4, 0.5) is 0 Å². The molecule has 0 aliphatic heterocycles. The van der Waals surface area contributed by atoms with Gasteiger partial charge < -0.3 is 16.2 Å². The van der Waals surface area contributed by atoms with Crippen LogP contribution in [0.15, 0.2) is 18.2 Å². The fourth-order valence-electron chi connectivity index (χ4n) is 2.11. The normalized spacial score (nSPS) is 20.0. The highest BCUT2D eigenvalue weighted by Crippen LogP contribution is 2.25. The van der Waals surface area contributed by atoms with Crippen molar-refractivity contribution in [2.45, 2.75) is 25.0 Å². The average molecular weight is 255 g/mol. The number of aliphatic hydroxyl groups is 1. The molecule has 1 aliphatic carbocycles. The van der Waals surface area contributed by atoms with E-state index in [1.165, 1.54) is 11.1 Å². The fraction of sp³-hybridized carbons (Fsp3) is 0.417. The van der Waals surface area contributed by atoms with E-state index >= 15 is 0 Å². The van der Waals surface area contributed by atoms with E-state index < -0.39 is 12.0 Å². The number of benzene rings is 1. The number of fused-ring (bicyclic) bond motifs is 1. The Balaban J connectivity index is 1.90. The quantitative estimate of drug-likeness (QED) is 0.721. The fourth-order valence-corrected chi connectivity index (χ4v) is 2.30. The lowest BCUT2D eigenvalue weighted by molar-refractivity contribution is -0.125. The molecule has 1 aromatic carbocycles. The molecule has 1 aromatic rings. The number of nitrogens with two attached hydrogens (primary N) is 1. The van der Waals surface area contributed by atoms with Crippen molar-refractivity contribution in [2.24, 2.45) is 5.73 Å². The second kappa shape index (κ2) is 5.04. The van der Waals surface area contributed by atoms with Crippen LogP contribution in [0.25, 0.3) is 0 Å². The molecule has 4 N–H and O–H groups in total. The van der Waals surface area contributed by atoms with Crippen LogP contribution in [0.2, 0.25) is 5.02 Å². The Bertz CT molecular complexity index is 437. The molecule has 0 fully saturated rings. The highest BCUT2D eigenvalue weighted by molar-refractivity contribution is 6.30. The molecule has 0 saturated heterocycles.